The van der Waals surface area contributed by atoms with Crippen LogP contribution in [0.25, 0.3) is 0 Å². The van der Waals surface area contributed by atoms with Gasteiger partial charge in [-0.3, -0.25) is 4.79 Å². The van der Waals surface area contributed by atoms with Gasteiger partial charge in [0, 0.05) is 11.6 Å². The lowest BCUT2D eigenvalue weighted by Gasteiger charge is -2.08. The average Bonchev–Trinajstić information content (AvgIpc) is 2.68. The van der Waals surface area contributed by atoms with Crippen LogP contribution in [-0.2, 0) is 0 Å². The minimum Gasteiger partial charge on any atom is -0.494 e. The SMILES string of the molecule is CCCCCCCCOc1ccc(C(=O)Oc2ccc(C=O)c(Cl)c2)cc1. The number of ether oxygens (including phenoxy) is 2. The third kappa shape index (κ3) is 7.06. The number of hydrogen-bond acceptors (Lipinski definition) is 4. The maximum atomic E-state index is 12.2. The molecule has 2 rings (SSSR count). The Morgan fingerprint density at radius 1 is 0.963 bits per heavy atom. The Morgan fingerprint density at radius 2 is 1.63 bits per heavy atom. The van der Waals surface area contributed by atoms with Crippen LogP contribution in [0.1, 0.15) is 66.2 Å². The van der Waals surface area contributed by atoms with Crippen molar-refractivity contribution in [3.8, 4) is 11.5 Å². The predicted molar refractivity (Wildman–Crippen MR) is 107 cm³/mol. The van der Waals surface area contributed by atoms with Gasteiger partial charge in [0.25, 0.3) is 0 Å². The number of unbranched alkanes of at least 4 members (excludes halogenated alkanes) is 5. The van der Waals surface area contributed by atoms with Crippen LogP contribution in [0.5, 0.6) is 11.5 Å². The molecule has 4 nitrogen and oxygen atoms in total. The molecule has 0 heterocycles. The minimum absolute atomic E-state index is 0.244. The third-order valence-corrected chi connectivity index (χ3v) is 4.49. The highest BCUT2D eigenvalue weighted by Gasteiger charge is 2.10. The summed E-state index contributed by atoms with van der Waals surface area (Å²) in [5, 5.41) is 0.244. The lowest BCUT2D eigenvalue weighted by atomic mass is 10.1. The molecule has 0 saturated carbocycles. The number of hydrogen-bond donors (Lipinski definition) is 0. The summed E-state index contributed by atoms with van der Waals surface area (Å²) in [4.78, 5) is 23.0. The normalized spacial score (nSPS) is 10.4. The first-order chi connectivity index (χ1) is 13.1. The molecule has 27 heavy (non-hydrogen) atoms. The van der Waals surface area contributed by atoms with Crippen molar-refractivity contribution in [1.29, 1.82) is 0 Å². The molecule has 2 aromatic carbocycles. The van der Waals surface area contributed by atoms with Gasteiger partial charge in [0.05, 0.1) is 17.2 Å². The highest BCUT2D eigenvalue weighted by Crippen LogP contribution is 2.22. The number of carbonyl (C=O) groups is 2. The molecule has 0 fully saturated rings. The number of halogens is 1. The summed E-state index contributed by atoms with van der Waals surface area (Å²) in [6.07, 6.45) is 7.95. The Kier molecular flexibility index (Phi) is 8.85. The Labute approximate surface area is 165 Å². The average molecular weight is 389 g/mol. The second-order valence-electron chi connectivity index (χ2n) is 6.33. The lowest BCUT2D eigenvalue weighted by molar-refractivity contribution is 0.0734. The van der Waals surface area contributed by atoms with Crippen molar-refractivity contribution < 1.29 is 19.1 Å². The van der Waals surface area contributed by atoms with E-state index in [0.717, 1.165) is 12.2 Å². The van der Waals surface area contributed by atoms with Crippen LogP contribution in [-0.4, -0.2) is 18.9 Å². The highest BCUT2D eigenvalue weighted by molar-refractivity contribution is 6.33. The molecule has 5 heteroatoms. The van der Waals surface area contributed by atoms with E-state index < -0.39 is 5.97 Å². The second kappa shape index (κ2) is 11.4. The minimum atomic E-state index is -0.493. The number of esters is 1. The fourth-order valence-electron chi connectivity index (χ4n) is 2.59. The zero-order chi connectivity index (χ0) is 19.5. The molecule has 0 spiro atoms. The van der Waals surface area contributed by atoms with E-state index in [2.05, 4.69) is 6.92 Å². The molecular formula is C22H25ClO4. The lowest BCUT2D eigenvalue weighted by Crippen LogP contribution is -2.08. The summed E-state index contributed by atoms with van der Waals surface area (Å²) in [7, 11) is 0. The largest absolute Gasteiger partial charge is 0.494 e. The van der Waals surface area contributed by atoms with Crippen molar-refractivity contribution in [1.82, 2.24) is 0 Å². The molecular weight excluding hydrogens is 364 g/mol. The number of rotatable bonds is 11. The number of benzene rings is 2. The fraction of sp³-hybridized carbons (Fsp3) is 0.364. The molecule has 0 saturated heterocycles. The fourth-order valence-corrected chi connectivity index (χ4v) is 2.81. The second-order valence-corrected chi connectivity index (χ2v) is 6.74. The molecule has 0 N–H and O–H groups in total. The molecule has 0 aliphatic rings. The van der Waals surface area contributed by atoms with Gasteiger partial charge in [0.15, 0.2) is 6.29 Å². The standard InChI is InChI=1S/C22H25ClO4/c1-2-3-4-5-6-7-14-26-19-11-8-17(9-12-19)22(25)27-20-13-10-18(16-24)21(23)15-20/h8-13,15-16H,2-7,14H2,1H3. The van der Waals surface area contributed by atoms with Crippen molar-refractivity contribution in [3.05, 3.63) is 58.6 Å². The first-order valence-corrected chi connectivity index (χ1v) is 9.71. The molecule has 144 valence electrons. The summed E-state index contributed by atoms with van der Waals surface area (Å²) in [6, 6.07) is 11.3. The van der Waals surface area contributed by atoms with Gasteiger partial charge in [0.2, 0.25) is 0 Å². The predicted octanol–water partition coefficient (Wildman–Crippen LogP) is 6.11. The van der Waals surface area contributed by atoms with Gasteiger partial charge in [-0.25, -0.2) is 4.79 Å². The van der Waals surface area contributed by atoms with Gasteiger partial charge >= 0.3 is 5.97 Å². The smallest absolute Gasteiger partial charge is 0.343 e. The molecule has 0 aromatic heterocycles. The number of carbonyl (C=O) groups excluding carboxylic acids is 2. The van der Waals surface area contributed by atoms with Crippen molar-refractivity contribution >= 4 is 23.9 Å². The van der Waals surface area contributed by atoms with E-state index in [1.807, 2.05) is 0 Å². The molecule has 0 aliphatic heterocycles. The summed E-state index contributed by atoms with van der Waals surface area (Å²) in [5.74, 6) is 0.532. The summed E-state index contributed by atoms with van der Waals surface area (Å²) >= 11 is 5.94. The molecule has 2 aromatic rings. The summed E-state index contributed by atoms with van der Waals surface area (Å²) in [5.41, 5.74) is 0.765. The quantitative estimate of drug-likeness (QED) is 0.201. The van der Waals surface area contributed by atoms with Gasteiger partial charge in [-0.15, -0.1) is 0 Å². The van der Waals surface area contributed by atoms with E-state index in [0.29, 0.717) is 29.8 Å². The Bertz CT molecular complexity index is 740. The highest BCUT2D eigenvalue weighted by atomic mass is 35.5. The van der Waals surface area contributed by atoms with E-state index in [9.17, 15) is 9.59 Å². The van der Waals surface area contributed by atoms with Crippen LogP contribution in [0.15, 0.2) is 42.5 Å². The Morgan fingerprint density at radius 3 is 2.30 bits per heavy atom. The first kappa shape index (κ1) is 21.0. The van der Waals surface area contributed by atoms with Crippen LogP contribution < -0.4 is 9.47 Å². The molecule has 0 bridgehead atoms. The van der Waals surface area contributed by atoms with E-state index in [1.54, 1.807) is 24.3 Å². The van der Waals surface area contributed by atoms with Gasteiger partial charge in [-0.05, 0) is 42.8 Å². The van der Waals surface area contributed by atoms with Crippen molar-refractivity contribution in [3.63, 3.8) is 0 Å². The topological polar surface area (TPSA) is 52.6 Å². The van der Waals surface area contributed by atoms with Crippen LogP contribution in [0.3, 0.4) is 0 Å². The maximum Gasteiger partial charge on any atom is 0.343 e. The van der Waals surface area contributed by atoms with Gasteiger partial charge < -0.3 is 9.47 Å². The van der Waals surface area contributed by atoms with Crippen LogP contribution in [0.2, 0.25) is 5.02 Å². The molecule has 0 aliphatic carbocycles. The molecule has 0 atom stereocenters. The van der Waals surface area contributed by atoms with Gasteiger partial charge in [0.1, 0.15) is 11.5 Å². The van der Waals surface area contributed by atoms with E-state index in [4.69, 9.17) is 21.1 Å². The molecule has 0 unspecified atom stereocenters. The monoisotopic (exact) mass is 388 g/mol. The zero-order valence-electron chi connectivity index (χ0n) is 15.6. The molecule has 0 radical (unpaired) electrons. The Balaban J connectivity index is 1.79. The zero-order valence-corrected chi connectivity index (χ0v) is 16.3. The number of aldehydes is 1. The van der Waals surface area contributed by atoms with Gasteiger partial charge in [-0.1, -0.05) is 50.6 Å². The van der Waals surface area contributed by atoms with Crippen molar-refractivity contribution in [2.75, 3.05) is 6.61 Å². The maximum absolute atomic E-state index is 12.2. The van der Waals surface area contributed by atoms with Crippen LogP contribution >= 0.6 is 11.6 Å². The summed E-state index contributed by atoms with van der Waals surface area (Å²) < 4.78 is 11.0. The third-order valence-electron chi connectivity index (χ3n) is 4.17. The van der Waals surface area contributed by atoms with E-state index >= 15 is 0 Å². The van der Waals surface area contributed by atoms with Crippen molar-refractivity contribution in [2.24, 2.45) is 0 Å². The Hall–Kier alpha value is -2.33. The van der Waals surface area contributed by atoms with Gasteiger partial charge in [-0.2, -0.15) is 0 Å². The van der Waals surface area contributed by atoms with Crippen LogP contribution in [0.4, 0.5) is 0 Å². The summed E-state index contributed by atoms with van der Waals surface area (Å²) in [6.45, 7) is 2.89. The first-order valence-electron chi connectivity index (χ1n) is 9.34. The van der Waals surface area contributed by atoms with E-state index in [1.165, 1.54) is 50.3 Å². The molecule has 0 amide bonds. The van der Waals surface area contributed by atoms with E-state index in [-0.39, 0.29) is 5.02 Å². The van der Waals surface area contributed by atoms with Crippen molar-refractivity contribution in [2.45, 2.75) is 45.4 Å². The van der Waals surface area contributed by atoms with Crippen LogP contribution in [0, 0.1) is 0 Å².